The van der Waals surface area contributed by atoms with Gasteiger partial charge in [0.1, 0.15) is 0 Å². The number of nitrogens with one attached hydrogen (secondary N) is 1. The molecule has 1 amide bonds. The Balaban J connectivity index is 1.29. The number of hydrazone groups is 1. The lowest BCUT2D eigenvalue weighted by Crippen LogP contribution is -2.31. The fourth-order valence-electron chi connectivity index (χ4n) is 5.32. The summed E-state index contributed by atoms with van der Waals surface area (Å²) in [6, 6.07) is 0. The van der Waals surface area contributed by atoms with Crippen molar-refractivity contribution in [3.63, 3.8) is 0 Å². The molecule has 104 valence electrons. The average molecular weight is 260 g/mol. The Labute approximate surface area is 115 Å². The Morgan fingerprint density at radius 1 is 0.947 bits per heavy atom. The molecule has 4 rings (SSSR count). The molecule has 4 aliphatic carbocycles. The molecule has 0 unspecified atom stereocenters. The number of amides is 1. The van der Waals surface area contributed by atoms with Crippen LogP contribution in [0.15, 0.2) is 5.10 Å². The van der Waals surface area contributed by atoms with Gasteiger partial charge < -0.3 is 0 Å². The first-order chi connectivity index (χ1) is 9.29. The number of carbonyl (C=O) groups excluding carboxylic acids is 1. The number of fused-ring (bicyclic) bond motifs is 4. The molecule has 3 heteroatoms. The lowest BCUT2D eigenvalue weighted by molar-refractivity contribution is -0.126. The van der Waals surface area contributed by atoms with E-state index in [4.69, 9.17) is 0 Å². The second kappa shape index (κ2) is 4.60. The molecule has 3 nitrogen and oxygen atoms in total. The molecular formula is C16H24N2O. The molecule has 0 radical (unpaired) electrons. The Hall–Kier alpha value is -0.860. The molecule has 0 saturated heterocycles. The summed E-state index contributed by atoms with van der Waals surface area (Å²) in [5, 5.41) is 4.28. The maximum Gasteiger partial charge on any atom is 0.243 e. The van der Waals surface area contributed by atoms with Gasteiger partial charge in [0, 0.05) is 12.1 Å². The number of carbonyl (C=O) groups is 1. The third kappa shape index (κ3) is 2.11. The first-order valence-corrected chi connectivity index (χ1v) is 8.12. The van der Waals surface area contributed by atoms with E-state index in [2.05, 4.69) is 10.5 Å². The summed E-state index contributed by atoms with van der Waals surface area (Å²) in [6.07, 6.45) is 12.5. The van der Waals surface area contributed by atoms with Gasteiger partial charge in [-0.1, -0.05) is 12.8 Å². The molecule has 4 saturated carbocycles. The quantitative estimate of drug-likeness (QED) is 0.615. The fraction of sp³-hybridized carbons (Fsp3) is 0.875. The second-order valence-corrected chi connectivity index (χ2v) is 7.37. The number of nitrogens with zero attached hydrogens (tertiary/aromatic N) is 1. The van der Waals surface area contributed by atoms with Gasteiger partial charge in [0.25, 0.3) is 0 Å². The van der Waals surface area contributed by atoms with Gasteiger partial charge in [0.15, 0.2) is 0 Å². The van der Waals surface area contributed by atoms with Crippen molar-refractivity contribution in [2.45, 2.75) is 51.4 Å². The monoisotopic (exact) mass is 260 g/mol. The van der Waals surface area contributed by atoms with Crippen LogP contribution in [0.2, 0.25) is 0 Å². The third-order valence-corrected chi connectivity index (χ3v) is 6.31. The topological polar surface area (TPSA) is 41.5 Å². The van der Waals surface area contributed by atoms with Crippen LogP contribution in [0.4, 0.5) is 0 Å². The summed E-state index contributed by atoms with van der Waals surface area (Å²) in [6.45, 7) is 0. The van der Waals surface area contributed by atoms with Gasteiger partial charge in [0.2, 0.25) is 5.91 Å². The summed E-state index contributed by atoms with van der Waals surface area (Å²) in [4.78, 5) is 12.1. The number of rotatable bonds is 3. The zero-order chi connectivity index (χ0) is 12.8. The van der Waals surface area contributed by atoms with Crippen molar-refractivity contribution in [3.8, 4) is 0 Å². The zero-order valence-electron chi connectivity index (χ0n) is 11.6. The standard InChI is InChI=1S/C16H24N2O/c19-16(15-8-11-2-4-13(15)6-11)18-17-9-14-7-10-1-3-12(14)5-10/h9-15H,1-8H2,(H,18,19)/b17-9-/t10-,11-,12-,13-,14+,15+/m0/s1. The van der Waals surface area contributed by atoms with E-state index in [9.17, 15) is 4.79 Å². The van der Waals surface area contributed by atoms with Crippen molar-refractivity contribution in [2.24, 2.45) is 40.6 Å². The predicted molar refractivity (Wildman–Crippen MR) is 74.5 cm³/mol. The van der Waals surface area contributed by atoms with E-state index in [1.165, 1.54) is 44.9 Å². The maximum absolute atomic E-state index is 12.1. The molecule has 4 fully saturated rings. The Kier molecular flexibility index (Phi) is 2.89. The maximum atomic E-state index is 12.1. The Morgan fingerprint density at radius 2 is 1.68 bits per heavy atom. The van der Waals surface area contributed by atoms with Gasteiger partial charge in [-0.3, -0.25) is 4.79 Å². The smallest absolute Gasteiger partial charge is 0.243 e. The van der Waals surface area contributed by atoms with Crippen molar-refractivity contribution in [2.75, 3.05) is 0 Å². The normalized spacial score (nSPS) is 47.4. The summed E-state index contributed by atoms with van der Waals surface area (Å²) in [5.74, 6) is 4.37. The molecular weight excluding hydrogens is 236 g/mol. The van der Waals surface area contributed by atoms with E-state index < -0.39 is 0 Å². The van der Waals surface area contributed by atoms with Crippen LogP contribution in [-0.4, -0.2) is 12.1 Å². The van der Waals surface area contributed by atoms with Crippen LogP contribution >= 0.6 is 0 Å². The van der Waals surface area contributed by atoms with E-state index in [1.807, 2.05) is 6.21 Å². The first-order valence-electron chi connectivity index (χ1n) is 8.12. The Bertz CT molecular complexity index is 406. The Morgan fingerprint density at radius 3 is 2.26 bits per heavy atom. The SMILES string of the molecule is O=C(N/N=C\[C@H]1C[C@H]2CC[C@H]1C2)[C@@H]1C[C@H]2CC[C@H]1C2. The minimum Gasteiger partial charge on any atom is -0.273 e. The lowest BCUT2D eigenvalue weighted by Gasteiger charge is -2.20. The van der Waals surface area contributed by atoms with Gasteiger partial charge in [0.05, 0.1) is 0 Å². The molecule has 0 aliphatic heterocycles. The van der Waals surface area contributed by atoms with Crippen LogP contribution in [0.25, 0.3) is 0 Å². The van der Waals surface area contributed by atoms with Gasteiger partial charge in [-0.25, -0.2) is 5.43 Å². The highest BCUT2D eigenvalue weighted by molar-refractivity contribution is 5.80. The summed E-state index contributed by atoms with van der Waals surface area (Å²) < 4.78 is 0. The highest BCUT2D eigenvalue weighted by Crippen LogP contribution is 2.48. The molecule has 0 aromatic carbocycles. The van der Waals surface area contributed by atoms with Crippen LogP contribution in [0.5, 0.6) is 0 Å². The molecule has 0 spiro atoms. The molecule has 4 aliphatic rings. The number of hydrogen-bond acceptors (Lipinski definition) is 2. The first kappa shape index (κ1) is 11.9. The van der Waals surface area contributed by atoms with Gasteiger partial charge in [-0.15, -0.1) is 0 Å². The second-order valence-electron chi connectivity index (χ2n) is 7.37. The van der Waals surface area contributed by atoms with Gasteiger partial charge in [-0.05, 0) is 68.1 Å². The molecule has 1 N–H and O–H groups in total. The molecule has 0 aromatic rings. The summed E-state index contributed by atoms with van der Waals surface area (Å²) in [5.41, 5.74) is 2.83. The zero-order valence-corrected chi connectivity index (χ0v) is 11.6. The van der Waals surface area contributed by atoms with E-state index in [1.54, 1.807) is 0 Å². The molecule has 4 bridgehead atoms. The molecule has 0 aromatic heterocycles. The minimum absolute atomic E-state index is 0.187. The van der Waals surface area contributed by atoms with Crippen molar-refractivity contribution < 1.29 is 4.79 Å². The van der Waals surface area contributed by atoms with Crippen molar-refractivity contribution in [1.29, 1.82) is 0 Å². The lowest BCUT2D eigenvalue weighted by atomic mass is 9.88. The van der Waals surface area contributed by atoms with E-state index in [0.717, 1.165) is 24.2 Å². The third-order valence-electron chi connectivity index (χ3n) is 6.31. The molecule has 19 heavy (non-hydrogen) atoms. The largest absolute Gasteiger partial charge is 0.273 e. The van der Waals surface area contributed by atoms with E-state index in [0.29, 0.717) is 11.8 Å². The van der Waals surface area contributed by atoms with Crippen LogP contribution in [-0.2, 0) is 4.79 Å². The molecule has 0 heterocycles. The van der Waals surface area contributed by atoms with Crippen molar-refractivity contribution >= 4 is 12.1 Å². The van der Waals surface area contributed by atoms with E-state index >= 15 is 0 Å². The highest BCUT2D eigenvalue weighted by Gasteiger charge is 2.43. The fourth-order valence-corrected chi connectivity index (χ4v) is 5.32. The highest BCUT2D eigenvalue weighted by atomic mass is 16.2. The van der Waals surface area contributed by atoms with E-state index in [-0.39, 0.29) is 11.8 Å². The number of hydrogen-bond donors (Lipinski definition) is 1. The molecule has 6 atom stereocenters. The van der Waals surface area contributed by atoms with Crippen LogP contribution in [0, 0.1) is 35.5 Å². The summed E-state index contributed by atoms with van der Waals surface area (Å²) in [7, 11) is 0. The van der Waals surface area contributed by atoms with Gasteiger partial charge in [-0.2, -0.15) is 5.10 Å². The minimum atomic E-state index is 0.187. The van der Waals surface area contributed by atoms with Crippen molar-refractivity contribution in [3.05, 3.63) is 0 Å². The average Bonchev–Trinajstić information content (AvgIpc) is 3.18. The van der Waals surface area contributed by atoms with Crippen LogP contribution in [0.3, 0.4) is 0 Å². The summed E-state index contributed by atoms with van der Waals surface area (Å²) >= 11 is 0. The van der Waals surface area contributed by atoms with Crippen LogP contribution < -0.4 is 5.43 Å². The predicted octanol–water partition coefficient (Wildman–Crippen LogP) is 2.96. The van der Waals surface area contributed by atoms with Crippen LogP contribution in [0.1, 0.15) is 51.4 Å². The van der Waals surface area contributed by atoms with Gasteiger partial charge >= 0.3 is 0 Å². The van der Waals surface area contributed by atoms with Crippen molar-refractivity contribution in [1.82, 2.24) is 5.43 Å².